The van der Waals surface area contributed by atoms with E-state index >= 15 is 0 Å². The Labute approximate surface area is 214 Å². The smallest absolute Gasteiger partial charge is 0.343 e. The Morgan fingerprint density at radius 2 is 1.43 bits per heavy atom. The van der Waals surface area contributed by atoms with Crippen LogP contribution in [-0.4, -0.2) is 24.0 Å². The molecule has 0 heterocycles. The number of hydrogen-bond donors (Lipinski definition) is 2. The molecule has 4 rings (SSSR count). The van der Waals surface area contributed by atoms with Crippen molar-refractivity contribution in [3.63, 3.8) is 0 Å². The maximum absolute atomic E-state index is 12.6. The maximum atomic E-state index is 12.6. The van der Waals surface area contributed by atoms with Crippen molar-refractivity contribution in [2.24, 2.45) is 5.10 Å². The lowest BCUT2D eigenvalue weighted by Crippen LogP contribution is -2.18. The molecule has 0 aliphatic rings. The number of benzene rings is 4. The molecule has 0 unspecified atom stereocenters. The third-order valence-corrected chi connectivity index (χ3v) is 5.44. The number of aryl methyl sites for hydroxylation is 2. The van der Waals surface area contributed by atoms with Crippen LogP contribution in [0.25, 0.3) is 0 Å². The molecule has 0 aliphatic carbocycles. The first-order valence-electron chi connectivity index (χ1n) is 11.6. The number of nitrogens with zero attached hydrogens (tertiary/aromatic N) is 1. The quantitative estimate of drug-likeness (QED) is 0.154. The van der Waals surface area contributed by atoms with Crippen LogP contribution in [0.5, 0.6) is 5.75 Å². The molecule has 7 nitrogen and oxygen atoms in total. The van der Waals surface area contributed by atoms with Gasteiger partial charge in [0.1, 0.15) is 5.75 Å². The van der Waals surface area contributed by atoms with Gasteiger partial charge < -0.3 is 10.1 Å². The molecule has 7 heteroatoms. The largest absolute Gasteiger partial charge is 0.422 e. The summed E-state index contributed by atoms with van der Waals surface area (Å²) in [7, 11) is 0. The molecule has 0 radical (unpaired) electrons. The fourth-order valence-corrected chi connectivity index (χ4v) is 3.48. The van der Waals surface area contributed by atoms with Gasteiger partial charge in [0, 0.05) is 22.4 Å². The van der Waals surface area contributed by atoms with E-state index in [1.165, 1.54) is 6.21 Å². The van der Waals surface area contributed by atoms with Gasteiger partial charge in [0.15, 0.2) is 0 Å². The Hall–Kier alpha value is -5.04. The predicted octanol–water partition coefficient (Wildman–Crippen LogP) is 5.54. The summed E-state index contributed by atoms with van der Waals surface area (Å²) in [5.41, 5.74) is 6.75. The topological polar surface area (TPSA) is 96.9 Å². The first-order valence-corrected chi connectivity index (χ1v) is 11.6. The van der Waals surface area contributed by atoms with E-state index in [0.717, 1.165) is 11.1 Å². The van der Waals surface area contributed by atoms with Crippen molar-refractivity contribution in [1.29, 1.82) is 0 Å². The van der Waals surface area contributed by atoms with Gasteiger partial charge in [0.25, 0.3) is 11.8 Å². The highest BCUT2D eigenvalue weighted by atomic mass is 16.5. The van der Waals surface area contributed by atoms with Gasteiger partial charge in [0.05, 0.1) is 11.8 Å². The molecule has 2 amide bonds. The number of carbonyl (C=O) groups is 3. The van der Waals surface area contributed by atoms with E-state index in [4.69, 9.17) is 4.74 Å². The van der Waals surface area contributed by atoms with Crippen molar-refractivity contribution in [3.8, 4) is 5.75 Å². The number of hydrogen-bond acceptors (Lipinski definition) is 5. The molecule has 0 aliphatic heterocycles. The number of rotatable bonds is 7. The molecule has 184 valence electrons. The lowest BCUT2D eigenvalue weighted by atomic mass is 10.1. The van der Waals surface area contributed by atoms with Gasteiger partial charge in [-0.25, -0.2) is 10.2 Å². The highest BCUT2D eigenvalue weighted by molar-refractivity contribution is 6.05. The molecule has 0 spiro atoms. The first kappa shape index (κ1) is 25.1. The number of carbonyl (C=O) groups excluding carboxylic acids is 3. The second-order valence-corrected chi connectivity index (χ2v) is 8.40. The summed E-state index contributed by atoms with van der Waals surface area (Å²) in [4.78, 5) is 37.6. The van der Waals surface area contributed by atoms with Gasteiger partial charge in [-0.3, -0.25) is 9.59 Å². The maximum Gasteiger partial charge on any atom is 0.343 e. The standard InChI is InChI=1S/C30H25N3O4/c1-20-13-15-22(16-14-20)28(34)32-26-11-6-9-23(18-26)29(35)33-31-19-25-8-3-4-12-27(25)37-30(36)24-10-5-7-21(2)17-24/h3-19H,1-2H3,(H,32,34)(H,33,35). The first-order chi connectivity index (χ1) is 17.9. The highest BCUT2D eigenvalue weighted by Gasteiger charge is 2.12. The van der Waals surface area contributed by atoms with Crippen molar-refractivity contribution >= 4 is 29.7 Å². The summed E-state index contributed by atoms with van der Waals surface area (Å²) in [6.07, 6.45) is 1.40. The van der Waals surface area contributed by atoms with E-state index in [-0.39, 0.29) is 5.91 Å². The van der Waals surface area contributed by atoms with Gasteiger partial charge in [-0.15, -0.1) is 0 Å². The van der Waals surface area contributed by atoms with Crippen LogP contribution >= 0.6 is 0 Å². The highest BCUT2D eigenvalue weighted by Crippen LogP contribution is 2.18. The number of para-hydroxylation sites is 1. The molecule has 0 saturated carbocycles. The van der Waals surface area contributed by atoms with E-state index in [1.54, 1.807) is 78.9 Å². The predicted molar refractivity (Wildman–Crippen MR) is 143 cm³/mol. The summed E-state index contributed by atoms with van der Waals surface area (Å²) >= 11 is 0. The fraction of sp³-hybridized carbons (Fsp3) is 0.0667. The number of esters is 1. The molecule has 4 aromatic carbocycles. The Bertz CT molecular complexity index is 1480. The molecular formula is C30H25N3O4. The minimum Gasteiger partial charge on any atom is -0.422 e. The Morgan fingerprint density at radius 1 is 0.703 bits per heavy atom. The van der Waals surface area contributed by atoms with Gasteiger partial charge >= 0.3 is 5.97 Å². The van der Waals surface area contributed by atoms with E-state index in [1.807, 2.05) is 32.0 Å². The van der Waals surface area contributed by atoms with Crippen molar-refractivity contribution < 1.29 is 19.1 Å². The molecule has 4 aromatic rings. The number of anilines is 1. The van der Waals surface area contributed by atoms with E-state index < -0.39 is 11.9 Å². The zero-order valence-corrected chi connectivity index (χ0v) is 20.4. The number of ether oxygens (including phenoxy) is 1. The van der Waals surface area contributed by atoms with Crippen LogP contribution < -0.4 is 15.5 Å². The number of hydrazone groups is 1. The van der Waals surface area contributed by atoms with E-state index in [2.05, 4.69) is 15.8 Å². The van der Waals surface area contributed by atoms with Crippen molar-refractivity contribution in [2.45, 2.75) is 13.8 Å². The lowest BCUT2D eigenvalue weighted by molar-refractivity contribution is 0.0733. The molecule has 0 atom stereocenters. The monoisotopic (exact) mass is 491 g/mol. The van der Waals surface area contributed by atoms with Crippen LogP contribution in [0.1, 0.15) is 47.8 Å². The van der Waals surface area contributed by atoms with Crippen LogP contribution in [0.15, 0.2) is 102 Å². The van der Waals surface area contributed by atoms with Gasteiger partial charge in [0.2, 0.25) is 0 Å². The van der Waals surface area contributed by atoms with Crippen LogP contribution in [-0.2, 0) is 0 Å². The van der Waals surface area contributed by atoms with Gasteiger partial charge in [-0.1, -0.05) is 53.6 Å². The summed E-state index contributed by atoms with van der Waals surface area (Å²) < 4.78 is 5.54. The molecule has 0 bridgehead atoms. The fourth-order valence-electron chi connectivity index (χ4n) is 3.48. The second-order valence-electron chi connectivity index (χ2n) is 8.40. The lowest BCUT2D eigenvalue weighted by Gasteiger charge is -2.08. The molecule has 0 fully saturated rings. The van der Waals surface area contributed by atoms with Crippen LogP contribution in [0.2, 0.25) is 0 Å². The number of nitrogens with one attached hydrogen (secondary N) is 2. The summed E-state index contributed by atoms with van der Waals surface area (Å²) in [6.45, 7) is 3.84. The molecule has 2 N–H and O–H groups in total. The second kappa shape index (κ2) is 11.6. The Balaban J connectivity index is 1.40. The van der Waals surface area contributed by atoms with Crippen LogP contribution in [0.4, 0.5) is 5.69 Å². The summed E-state index contributed by atoms with van der Waals surface area (Å²) in [6, 6.07) is 27.7. The molecule has 0 saturated heterocycles. The zero-order valence-electron chi connectivity index (χ0n) is 20.4. The van der Waals surface area contributed by atoms with Crippen molar-refractivity contribution in [1.82, 2.24) is 5.43 Å². The third kappa shape index (κ3) is 6.76. The minimum absolute atomic E-state index is 0.271. The molecule has 0 aromatic heterocycles. The minimum atomic E-state index is -0.488. The zero-order chi connectivity index (χ0) is 26.2. The van der Waals surface area contributed by atoms with Crippen molar-refractivity contribution in [3.05, 3.63) is 130 Å². The summed E-state index contributed by atoms with van der Waals surface area (Å²) in [5, 5.41) is 6.81. The molecular weight excluding hydrogens is 466 g/mol. The van der Waals surface area contributed by atoms with Crippen LogP contribution in [0, 0.1) is 13.8 Å². The normalized spacial score (nSPS) is 10.6. The van der Waals surface area contributed by atoms with E-state index in [0.29, 0.717) is 33.7 Å². The average molecular weight is 492 g/mol. The third-order valence-electron chi connectivity index (χ3n) is 5.44. The van der Waals surface area contributed by atoms with Gasteiger partial charge in [-0.2, -0.15) is 5.10 Å². The molecule has 37 heavy (non-hydrogen) atoms. The van der Waals surface area contributed by atoms with Gasteiger partial charge in [-0.05, 0) is 68.4 Å². The van der Waals surface area contributed by atoms with Crippen LogP contribution in [0.3, 0.4) is 0 Å². The van der Waals surface area contributed by atoms with Crippen molar-refractivity contribution in [2.75, 3.05) is 5.32 Å². The Kier molecular flexibility index (Phi) is 7.85. The number of amides is 2. The average Bonchev–Trinajstić information content (AvgIpc) is 2.90. The summed E-state index contributed by atoms with van der Waals surface area (Å²) in [5.74, 6) is -0.907. The van der Waals surface area contributed by atoms with E-state index in [9.17, 15) is 14.4 Å². The SMILES string of the molecule is Cc1ccc(C(=O)Nc2cccc(C(=O)NN=Cc3ccccc3OC(=O)c3cccc(C)c3)c2)cc1. The Morgan fingerprint density at radius 3 is 2.22 bits per heavy atom.